The van der Waals surface area contributed by atoms with Crippen LogP contribution in [0, 0.1) is 0 Å². The summed E-state index contributed by atoms with van der Waals surface area (Å²) in [4.78, 5) is 29.2. The molecule has 1 aliphatic heterocycles. The van der Waals surface area contributed by atoms with E-state index in [9.17, 15) is 9.59 Å². The van der Waals surface area contributed by atoms with Crippen LogP contribution in [0.15, 0.2) is 78.9 Å². The van der Waals surface area contributed by atoms with E-state index in [-0.39, 0.29) is 24.8 Å². The van der Waals surface area contributed by atoms with Crippen LogP contribution in [-0.4, -0.2) is 65.9 Å². The zero-order chi connectivity index (χ0) is 28.1. The maximum absolute atomic E-state index is 12.7. The van der Waals surface area contributed by atoms with Crippen molar-refractivity contribution < 1.29 is 19.1 Å². The lowest BCUT2D eigenvalue weighted by Gasteiger charge is -2.36. The Hall–Kier alpha value is -4.01. The van der Waals surface area contributed by atoms with Crippen molar-refractivity contribution in [3.05, 3.63) is 94.6 Å². The summed E-state index contributed by atoms with van der Waals surface area (Å²) < 4.78 is 12.4. The van der Waals surface area contributed by atoms with Crippen molar-refractivity contribution >= 4 is 40.8 Å². The zero-order valence-corrected chi connectivity index (χ0v) is 23.4. The number of hydrogen-bond donors (Lipinski definition) is 0. The molecule has 4 aromatic rings. The van der Waals surface area contributed by atoms with Crippen molar-refractivity contribution in [1.82, 2.24) is 14.7 Å². The molecule has 40 heavy (non-hydrogen) atoms. The number of rotatable bonds is 8. The van der Waals surface area contributed by atoms with E-state index in [4.69, 9.17) is 32.7 Å². The fourth-order valence-corrected chi connectivity index (χ4v) is 4.86. The quantitative estimate of drug-likeness (QED) is 0.248. The van der Waals surface area contributed by atoms with Gasteiger partial charge in [0, 0.05) is 42.5 Å². The van der Waals surface area contributed by atoms with Crippen molar-refractivity contribution in [2.75, 3.05) is 44.3 Å². The Labute approximate surface area is 242 Å². The predicted molar refractivity (Wildman–Crippen MR) is 156 cm³/mol. The lowest BCUT2D eigenvalue weighted by Crippen LogP contribution is -2.50. The van der Waals surface area contributed by atoms with Crippen LogP contribution in [0.1, 0.15) is 17.4 Å². The fraction of sp³-hybridized carbons (Fsp3) is 0.233. The van der Waals surface area contributed by atoms with E-state index >= 15 is 0 Å². The summed E-state index contributed by atoms with van der Waals surface area (Å²) in [5, 5.41) is 5.64. The average molecular weight is 579 g/mol. The first-order valence-electron chi connectivity index (χ1n) is 13.0. The van der Waals surface area contributed by atoms with Gasteiger partial charge >= 0.3 is 5.97 Å². The van der Waals surface area contributed by atoms with Gasteiger partial charge in [-0.05, 0) is 61.5 Å². The summed E-state index contributed by atoms with van der Waals surface area (Å²) in [6.45, 7) is 4.62. The predicted octanol–water partition coefficient (Wildman–Crippen LogP) is 5.75. The highest BCUT2D eigenvalue weighted by atomic mass is 35.5. The largest absolute Gasteiger partial charge is 0.484 e. The molecule has 1 fully saturated rings. The van der Waals surface area contributed by atoms with Gasteiger partial charge < -0.3 is 19.3 Å². The minimum absolute atomic E-state index is 0.0107. The van der Waals surface area contributed by atoms with Gasteiger partial charge in [-0.1, -0.05) is 47.5 Å². The van der Waals surface area contributed by atoms with Gasteiger partial charge in [0.25, 0.3) is 5.91 Å². The lowest BCUT2D eigenvalue weighted by molar-refractivity contribution is -0.133. The van der Waals surface area contributed by atoms with E-state index in [0.29, 0.717) is 47.7 Å². The number of halogens is 2. The maximum atomic E-state index is 12.7. The highest BCUT2D eigenvalue weighted by Gasteiger charge is 2.23. The van der Waals surface area contributed by atoms with E-state index in [1.807, 2.05) is 47.4 Å². The number of hydrogen-bond acceptors (Lipinski definition) is 6. The van der Waals surface area contributed by atoms with Crippen LogP contribution in [0.4, 0.5) is 5.69 Å². The van der Waals surface area contributed by atoms with Crippen LogP contribution < -0.4 is 9.64 Å². The number of para-hydroxylation sites is 1. The second-order valence-electron chi connectivity index (χ2n) is 9.16. The standard InChI is InChI=1S/C30H28Cl2N4O4/c1-2-39-30(38)26-19-28(36(33-26)27-6-4-3-5-25(27)32)21-7-11-23(12-8-21)34-15-17-35(18-16-34)29(37)20-40-24-13-9-22(31)10-14-24/h3-14,19H,2,15-18,20H2,1H3. The molecule has 1 aromatic heterocycles. The third-order valence-electron chi connectivity index (χ3n) is 6.61. The maximum Gasteiger partial charge on any atom is 0.358 e. The number of esters is 1. The summed E-state index contributed by atoms with van der Waals surface area (Å²) in [6.07, 6.45) is 0. The second kappa shape index (κ2) is 12.4. The summed E-state index contributed by atoms with van der Waals surface area (Å²) in [5.41, 5.74) is 3.52. The normalized spacial score (nSPS) is 13.3. The molecule has 3 aromatic carbocycles. The van der Waals surface area contributed by atoms with Gasteiger partial charge in [-0.2, -0.15) is 5.10 Å². The monoisotopic (exact) mass is 578 g/mol. The second-order valence-corrected chi connectivity index (χ2v) is 10.00. The molecule has 8 nitrogen and oxygen atoms in total. The minimum Gasteiger partial charge on any atom is -0.484 e. The molecule has 0 aliphatic carbocycles. The molecule has 0 radical (unpaired) electrons. The SMILES string of the molecule is CCOC(=O)c1cc(-c2ccc(N3CCN(C(=O)COc4ccc(Cl)cc4)CC3)cc2)n(-c2ccccc2Cl)n1. The zero-order valence-electron chi connectivity index (χ0n) is 21.9. The van der Waals surface area contributed by atoms with Gasteiger partial charge in [-0.3, -0.25) is 4.79 Å². The molecule has 1 saturated heterocycles. The minimum atomic E-state index is -0.489. The van der Waals surface area contributed by atoms with Crippen molar-refractivity contribution in [1.29, 1.82) is 0 Å². The summed E-state index contributed by atoms with van der Waals surface area (Å²) in [5.74, 6) is 0.0778. The molecule has 5 rings (SSSR count). The molecule has 1 aliphatic rings. The smallest absolute Gasteiger partial charge is 0.358 e. The number of ether oxygens (including phenoxy) is 2. The first-order valence-corrected chi connectivity index (χ1v) is 13.7. The van der Waals surface area contributed by atoms with Gasteiger partial charge in [0.2, 0.25) is 0 Å². The molecular weight excluding hydrogens is 551 g/mol. The molecule has 10 heteroatoms. The van der Waals surface area contributed by atoms with E-state index in [1.165, 1.54) is 0 Å². The number of nitrogens with zero attached hydrogens (tertiary/aromatic N) is 4. The van der Waals surface area contributed by atoms with Crippen LogP contribution >= 0.6 is 23.2 Å². The van der Waals surface area contributed by atoms with Crippen molar-refractivity contribution in [2.45, 2.75) is 6.92 Å². The third-order valence-corrected chi connectivity index (χ3v) is 7.18. The number of amides is 1. The van der Waals surface area contributed by atoms with E-state index in [0.717, 1.165) is 16.9 Å². The Morgan fingerprint density at radius 3 is 2.27 bits per heavy atom. The Balaban J connectivity index is 1.26. The molecule has 0 N–H and O–H groups in total. The average Bonchev–Trinajstić information content (AvgIpc) is 3.43. The van der Waals surface area contributed by atoms with Gasteiger partial charge in [0.15, 0.2) is 12.3 Å². The van der Waals surface area contributed by atoms with Crippen LogP contribution in [-0.2, 0) is 9.53 Å². The lowest BCUT2D eigenvalue weighted by atomic mass is 10.1. The summed E-state index contributed by atoms with van der Waals surface area (Å²) >= 11 is 12.4. The highest BCUT2D eigenvalue weighted by Crippen LogP contribution is 2.30. The third kappa shape index (κ3) is 6.24. The Kier molecular flexibility index (Phi) is 8.57. The summed E-state index contributed by atoms with van der Waals surface area (Å²) in [6, 6.07) is 24.1. The Bertz CT molecular complexity index is 1480. The first-order chi connectivity index (χ1) is 19.4. The highest BCUT2D eigenvalue weighted by molar-refractivity contribution is 6.32. The van der Waals surface area contributed by atoms with Crippen molar-refractivity contribution in [3.63, 3.8) is 0 Å². The molecule has 206 valence electrons. The fourth-order valence-electron chi connectivity index (χ4n) is 4.52. The summed E-state index contributed by atoms with van der Waals surface area (Å²) in [7, 11) is 0. The van der Waals surface area contributed by atoms with Gasteiger partial charge in [0.05, 0.1) is 23.0 Å². The van der Waals surface area contributed by atoms with Crippen molar-refractivity contribution in [3.8, 4) is 22.7 Å². The van der Waals surface area contributed by atoms with E-state index in [1.54, 1.807) is 48.0 Å². The number of carbonyl (C=O) groups excluding carboxylic acids is 2. The molecule has 0 unspecified atom stereocenters. The topological polar surface area (TPSA) is 76.9 Å². The molecular formula is C30H28Cl2N4O4. The van der Waals surface area contributed by atoms with Crippen molar-refractivity contribution in [2.24, 2.45) is 0 Å². The molecule has 0 bridgehead atoms. The molecule has 1 amide bonds. The van der Waals surface area contributed by atoms with Gasteiger partial charge in [-0.25, -0.2) is 9.48 Å². The molecule has 2 heterocycles. The Morgan fingerprint density at radius 1 is 0.900 bits per heavy atom. The number of piperazine rings is 1. The molecule has 0 saturated carbocycles. The van der Waals surface area contributed by atoms with Crippen LogP contribution in [0.25, 0.3) is 16.9 Å². The number of aromatic nitrogens is 2. The first kappa shape index (κ1) is 27.6. The Morgan fingerprint density at radius 2 is 1.60 bits per heavy atom. The number of anilines is 1. The van der Waals surface area contributed by atoms with Gasteiger partial charge in [0.1, 0.15) is 5.75 Å². The van der Waals surface area contributed by atoms with Crippen LogP contribution in [0.5, 0.6) is 5.75 Å². The number of carbonyl (C=O) groups is 2. The van der Waals surface area contributed by atoms with E-state index in [2.05, 4.69) is 10.00 Å². The molecule has 0 atom stereocenters. The van der Waals surface area contributed by atoms with Gasteiger partial charge in [-0.15, -0.1) is 0 Å². The van der Waals surface area contributed by atoms with Crippen LogP contribution in [0.3, 0.4) is 0 Å². The number of benzene rings is 3. The molecule has 0 spiro atoms. The van der Waals surface area contributed by atoms with Crippen LogP contribution in [0.2, 0.25) is 10.0 Å². The van der Waals surface area contributed by atoms with E-state index < -0.39 is 5.97 Å².